The van der Waals surface area contributed by atoms with E-state index < -0.39 is 12.0 Å². The van der Waals surface area contributed by atoms with Crippen LogP contribution in [0.4, 0.5) is 8.78 Å². The van der Waals surface area contributed by atoms with Crippen molar-refractivity contribution in [3.8, 4) is 0 Å². The van der Waals surface area contributed by atoms with Crippen LogP contribution in [0, 0.1) is 0 Å². The lowest BCUT2D eigenvalue weighted by atomic mass is 10.1. The molecule has 0 fully saturated rings. The van der Waals surface area contributed by atoms with Crippen molar-refractivity contribution < 1.29 is 8.78 Å². The summed E-state index contributed by atoms with van der Waals surface area (Å²) in [5, 5.41) is 0. The molecule has 0 saturated carbocycles. The molecular formula is C6H12F2N2. The fraction of sp³-hybridized carbons (Fsp3) is 0.667. The number of halogens is 2. The minimum atomic E-state index is -2.85. The van der Waals surface area contributed by atoms with Gasteiger partial charge in [0.2, 0.25) is 0 Å². The summed E-state index contributed by atoms with van der Waals surface area (Å²) in [5.41, 5.74) is 2.32. The Morgan fingerprint density at radius 3 is 2.10 bits per heavy atom. The van der Waals surface area contributed by atoms with Crippen molar-refractivity contribution in [2.24, 2.45) is 5.84 Å². The maximum atomic E-state index is 12.4. The number of hydrogen-bond donors (Lipinski definition) is 2. The Morgan fingerprint density at radius 1 is 1.70 bits per heavy atom. The Kier molecular flexibility index (Phi) is 2.93. The van der Waals surface area contributed by atoms with Crippen molar-refractivity contribution >= 4 is 0 Å². The minimum Gasteiger partial charge on any atom is -0.271 e. The molecule has 0 heterocycles. The van der Waals surface area contributed by atoms with Crippen molar-refractivity contribution in [1.82, 2.24) is 5.43 Å². The van der Waals surface area contributed by atoms with Crippen molar-refractivity contribution in [3.05, 3.63) is 12.2 Å². The van der Waals surface area contributed by atoms with E-state index >= 15 is 0 Å². The molecular weight excluding hydrogens is 138 g/mol. The predicted molar refractivity (Wildman–Crippen MR) is 36.5 cm³/mol. The second kappa shape index (κ2) is 3.07. The fourth-order valence-corrected chi connectivity index (χ4v) is 0.721. The quantitative estimate of drug-likeness (QED) is 0.358. The first-order chi connectivity index (χ1) is 4.39. The second-order valence-electron chi connectivity index (χ2n) is 2.40. The van der Waals surface area contributed by atoms with E-state index in [0.717, 1.165) is 6.92 Å². The number of nitrogens with two attached hydrogens (primary N) is 1. The first-order valence-electron chi connectivity index (χ1n) is 2.89. The summed E-state index contributed by atoms with van der Waals surface area (Å²) in [6, 6.07) is -1.13. The first kappa shape index (κ1) is 9.52. The van der Waals surface area contributed by atoms with Crippen LogP contribution in [0.1, 0.15) is 13.8 Å². The molecule has 0 rings (SSSR count). The van der Waals surface area contributed by atoms with Gasteiger partial charge >= 0.3 is 0 Å². The summed E-state index contributed by atoms with van der Waals surface area (Å²) < 4.78 is 24.9. The fourth-order valence-electron chi connectivity index (χ4n) is 0.721. The average Bonchev–Trinajstić information content (AvgIpc) is 1.60. The van der Waals surface area contributed by atoms with Gasteiger partial charge in [0.05, 0.1) is 0 Å². The number of hydrogen-bond acceptors (Lipinski definition) is 2. The Hall–Kier alpha value is -0.480. The number of hydrazine groups is 1. The van der Waals surface area contributed by atoms with Gasteiger partial charge in [-0.05, 0) is 6.92 Å². The monoisotopic (exact) mass is 150 g/mol. The molecule has 0 bridgehead atoms. The highest BCUT2D eigenvalue weighted by molar-refractivity contribution is 5.05. The molecule has 1 unspecified atom stereocenters. The van der Waals surface area contributed by atoms with E-state index in [1.807, 2.05) is 5.43 Å². The summed E-state index contributed by atoms with van der Waals surface area (Å²) in [7, 11) is 0. The van der Waals surface area contributed by atoms with Crippen LogP contribution in [0.5, 0.6) is 0 Å². The molecule has 0 aliphatic heterocycles. The van der Waals surface area contributed by atoms with Gasteiger partial charge in [0, 0.05) is 6.92 Å². The van der Waals surface area contributed by atoms with Gasteiger partial charge in [0.1, 0.15) is 6.04 Å². The van der Waals surface area contributed by atoms with Crippen LogP contribution < -0.4 is 11.3 Å². The van der Waals surface area contributed by atoms with Crippen molar-refractivity contribution in [3.63, 3.8) is 0 Å². The van der Waals surface area contributed by atoms with E-state index in [0.29, 0.717) is 5.57 Å². The SMILES string of the molecule is C=C(C)C(NN)C(C)(F)F. The van der Waals surface area contributed by atoms with Gasteiger partial charge in [0.15, 0.2) is 0 Å². The molecule has 60 valence electrons. The van der Waals surface area contributed by atoms with Gasteiger partial charge in [-0.3, -0.25) is 5.84 Å². The highest BCUT2D eigenvalue weighted by atomic mass is 19.3. The Balaban J connectivity index is 4.22. The zero-order valence-electron chi connectivity index (χ0n) is 6.12. The summed E-state index contributed by atoms with van der Waals surface area (Å²) in [4.78, 5) is 0. The van der Waals surface area contributed by atoms with E-state index in [1.165, 1.54) is 6.92 Å². The summed E-state index contributed by atoms with van der Waals surface area (Å²) in [6.07, 6.45) is 0. The lowest BCUT2D eigenvalue weighted by Gasteiger charge is -2.22. The van der Waals surface area contributed by atoms with E-state index in [9.17, 15) is 8.78 Å². The normalized spacial score (nSPS) is 14.9. The third-order valence-electron chi connectivity index (χ3n) is 1.17. The standard InChI is InChI=1S/C6H12F2N2/c1-4(2)5(10-9)6(3,7)8/h5,10H,1,9H2,2-3H3. The highest BCUT2D eigenvalue weighted by Gasteiger charge is 2.33. The Bertz CT molecular complexity index is 128. The third-order valence-corrected chi connectivity index (χ3v) is 1.17. The number of nitrogens with one attached hydrogen (secondary N) is 1. The van der Waals surface area contributed by atoms with Gasteiger partial charge < -0.3 is 0 Å². The molecule has 4 heteroatoms. The molecule has 0 aliphatic carbocycles. The molecule has 0 aromatic rings. The molecule has 2 nitrogen and oxygen atoms in total. The molecule has 0 saturated heterocycles. The van der Waals surface area contributed by atoms with E-state index in [-0.39, 0.29) is 0 Å². The van der Waals surface area contributed by atoms with Crippen LogP contribution >= 0.6 is 0 Å². The van der Waals surface area contributed by atoms with E-state index in [2.05, 4.69) is 6.58 Å². The van der Waals surface area contributed by atoms with Crippen LogP contribution in [-0.4, -0.2) is 12.0 Å². The molecule has 10 heavy (non-hydrogen) atoms. The second-order valence-corrected chi connectivity index (χ2v) is 2.40. The minimum absolute atomic E-state index is 0.329. The van der Waals surface area contributed by atoms with Crippen molar-refractivity contribution in [2.75, 3.05) is 0 Å². The lowest BCUT2D eigenvalue weighted by molar-refractivity contribution is -0.00582. The van der Waals surface area contributed by atoms with E-state index in [4.69, 9.17) is 5.84 Å². The van der Waals surface area contributed by atoms with Crippen LogP contribution in [0.2, 0.25) is 0 Å². The zero-order valence-corrected chi connectivity index (χ0v) is 6.12. The summed E-state index contributed by atoms with van der Waals surface area (Å²) in [6.45, 7) is 5.67. The van der Waals surface area contributed by atoms with Crippen LogP contribution in [0.3, 0.4) is 0 Å². The van der Waals surface area contributed by atoms with Gasteiger partial charge in [-0.15, -0.1) is 0 Å². The van der Waals surface area contributed by atoms with Crippen LogP contribution in [-0.2, 0) is 0 Å². The average molecular weight is 150 g/mol. The molecule has 1 atom stereocenters. The van der Waals surface area contributed by atoms with Crippen molar-refractivity contribution in [1.29, 1.82) is 0 Å². The largest absolute Gasteiger partial charge is 0.271 e. The number of alkyl halides is 2. The molecule has 0 aromatic heterocycles. The number of rotatable bonds is 3. The highest BCUT2D eigenvalue weighted by Crippen LogP contribution is 2.20. The summed E-state index contributed by atoms with van der Waals surface area (Å²) >= 11 is 0. The molecule has 0 aromatic carbocycles. The van der Waals surface area contributed by atoms with Gasteiger partial charge in [-0.25, -0.2) is 14.2 Å². The Morgan fingerprint density at radius 2 is 2.10 bits per heavy atom. The predicted octanol–water partition coefficient (Wildman–Crippen LogP) is 1.05. The third kappa shape index (κ3) is 2.41. The summed E-state index contributed by atoms with van der Waals surface area (Å²) in [5.74, 6) is 2.02. The van der Waals surface area contributed by atoms with Gasteiger partial charge in [-0.2, -0.15) is 0 Å². The van der Waals surface area contributed by atoms with E-state index in [1.54, 1.807) is 0 Å². The van der Waals surface area contributed by atoms with Crippen molar-refractivity contribution in [2.45, 2.75) is 25.8 Å². The van der Waals surface area contributed by atoms with Gasteiger partial charge in [-0.1, -0.05) is 12.2 Å². The maximum Gasteiger partial charge on any atom is 0.265 e. The smallest absolute Gasteiger partial charge is 0.265 e. The molecule has 0 radical (unpaired) electrons. The first-order valence-corrected chi connectivity index (χ1v) is 2.89. The molecule has 0 aliphatic rings. The maximum absolute atomic E-state index is 12.4. The zero-order chi connectivity index (χ0) is 8.36. The lowest BCUT2D eigenvalue weighted by Crippen LogP contribution is -2.47. The molecule has 0 amide bonds. The van der Waals surface area contributed by atoms with Gasteiger partial charge in [0.25, 0.3) is 5.92 Å². The molecule has 0 spiro atoms. The van der Waals surface area contributed by atoms with Crippen LogP contribution in [0.15, 0.2) is 12.2 Å². The van der Waals surface area contributed by atoms with Crippen LogP contribution in [0.25, 0.3) is 0 Å². The topological polar surface area (TPSA) is 38.0 Å². The Labute approximate surface area is 59.1 Å². The molecule has 3 N–H and O–H groups in total.